The summed E-state index contributed by atoms with van der Waals surface area (Å²) in [5.74, 6) is 0.904. The van der Waals surface area contributed by atoms with E-state index in [0.717, 1.165) is 24.2 Å². The molecule has 1 aromatic carbocycles. The molecular formula is C12H16O2. The normalized spacial score (nSPS) is 18.7. The van der Waals surface area contributed by atoms with Crippen LogP contribution < -0.4 is 4.74 Å². The number of ether oxygens (including phenoxy) is 1. The van der Waals surface area contributed by atoms with Crippen LogP contribution in [0.3, 0.4) is 0 Å². The maximum absolute atomic E-state index is 9.45. The molecule has 1 aliphatic carbocycles. The zero-order chi connectivity index (χ0) is 10.0. The number of benzene rings is 1. The summed E-state index contributed by atoms with van der Waals surface area (Å²) in [5.41, 5.74) is 1.14. The van der Waals surface area contributed by atoms with Crippen molar-refractivity contribution in [2.75, 3.05) is 13.7 Å². The van der Waals surface area contributed by atoms with Crippen LogP contribution in [0.2, 0.25) is 0 Å². The number of aliphatic hydroxyl groups excluding tert-OH is 1. The zero-order valence-corrected chi connectivity index (χ0v) is 8.49. The van der Waals surface area contributed by atoms with Crippen molar-refractivity contribution in [3.63, 3.8) is 0 Å². The molecule has 0 bridgehead atoms. The van der Waals surface area contributed by atoms with Crippen molar-refractivity contribution >= 4 is 0 Å². The van der Waals surface area contributed by atoms with Crippen molar-refractivity contribution in [1.82, 2.24) is 0 Å². The van der Waals surface area contributed by atoms with Gasteiger partial charge in [-0.05, 0) is 18.9 Å². The van der Waals surface area contributed by atoms with Gasteiger partial charge in [0.2, 0.25) is 0 Å². The minimum atomic E-state index is -0.0212. The molecule has 2 nitrogen and oxygen atoms in total. The van der Waals surface area contributed by atoms with Crippen molar-refractivity contribution in [2.45, 2.75) is 24.7 Å². The Balaban J connectivity index is 2.38. The highest BCUT2D eigenvalue weighted by molar-refractivity contribution is 5.41. The molecule has 2 rings (SSSR count). The summed E-state index contributed by atoms with van der Waals surface area (Å²) in [6.45, 7) is 0.230. The Morgan fingerprint density at radius 1 is 1.36 bits per heavy atom. The Hall–Kier alpha value is -1.02. The summed E-state index contributed by atoms with van der Waals surface area (Å²) < 4.78 is 5.32. The van der Waals surface area contributed by atoms with Gasteiger partial charge in [0, 0.05) is 11.0 Å². The van der Waals surface area contributed by atoms with E-state index in [0.29, 0.717) is 0 Å². The largest absolute Gasteiger partial charge is 0.496 e. The molecule has 1 N–H and O–H groups in total. The molecule has 0 saturated heterocycles. The van der Waals surface area contributed by atoms with E-state index < -0.39 is 0 Å². The Bertz CT molecular complexity index is 310. The van der Waals surface area contributed by atoms with Gasteiger partial charge in [-0.1, -0.05) is 24.6 Å². The number of aliphatic hydroxyl groups is 1. The molecule has 0 spiro atoms. The molecule has 1 fully saturated rings. The molecule has 1 aromatic rings. The summed E-state index contributed by atoms with van der Waals surface area (Å²) in [4.78, 5) is 0. The van der Waals surface area contributed by atoms with Gasteiger partial charge in [0.15, 0.2) is 0 Å². The Kier molecular flexibility index (Phi) is 2.46. The molecule has 1 aliphatic rings. The Morgan fingerprint density at radius 2 is 2.07 bits per heavy atom. The first-order chi connectivity index (χ1) is 6.82. The minimum absolute atomic E-state index is 0.0212. The summed E-state index contributed by atoms with van der Waals surface area (Å²) in [6, 6.07) is 8.00. The number of hydrogen-bond acceptors (Lipinski definition) is 2. The highest BCUT2D eigenvalue weighted by Crippen LogP contribution is 2.46. The molecule has 0 amide bonds. The molecule has 1 saturated carbocycles. The lowest BCUT2D eigenvalue weighted by Gasteiger charge is -2.41. The molecule has 0 unspecified atom stereocenters. The summed E-state index contributed by atoms with van der Waals surface area (Å²) >= 11 is 0. The fraction of sp³-hybridized carbons (Fsp3) is 0.500. The minimum Gasteiger partial charge on any atom is -0.496 e. The second-order valence-electron chi connectivity index (χ2n) is 3.99. The van der Waals surface area contributed by atoms with Crippen LogP contribution in [0.5, 0.6) is 5.75 Å². The highest BCUT2D eigenvalue weighted by atomic mass is 16.5. The maximum Gasteiger partial charge on any atom is 0.122 e. The maximum atomic E-state index is 9.45. The van der Waals surface area contributed by atoms with E-state index in [1.165, 1.54) is 6.42 Å². The number of methoxy groups -OCH3 is 1. The van der Waals surface area contributed by atoms with Crippen LogP contribution in [-0.2, 0) is 5.41 Å². The lowest BCUT2D eigenvalue weighted by molar-refractivity contribution is 0.117. The van der Waals surface area contributed by atoms with Crippen LogP contribution >= 0.6 is 0 Å². The lowest BCUT2D eigenvalue weighted by atomic mass is 9.65. The monoisotopic (exact) mass is 192 g/mol. The number of hydrogen-bond donors (Lipinski definition) is 1. The van der Waals surface area contributed by atoms with E-state index in [-0.39, 0.29) is 12.0 Å². The molecule has 14 heavy (non-hydrogen) atoms. The predicted molar refractivity (Wildman–Crippen MR) is 55.6 cm³/mol. The Labute approximate surface area is 84.5 Å². The fourth-order valence-corrected chi connectivity index (χ4v) is 2.20. The third kappa shape index (κ3) is 1.30. The van der Waals surface area contributed by atoms with Gasteiger partial charge in [0.1, 0.15) is 5.75 Å². The molecular weight excluding hydrogens is 176 g/mol. The van der Waals surface area contributed by atoms with E-state index in [2.05, 4.69) is 6.07 Å². The quantitative estimate of drug-likeness (QED) is 0.794. The van der Waals surface area contributed by atoms with Crippen molar-refractivity contribution in [3.05, 3.63) is 29.8 Å². The van der Waals surface area contributed by atoms with Gasteiger partial charge in [-0.3, -0.25) is 0 Å². The predicted octanol–water partition coefficient (Wildman–Crippen LogP) is 2.11. The van der Waals surface area contributed by atoms with Crippen LogP contribution in [0.15, 0.2) is 24.3 Å². The number of rotatable bonds is 3. The fourth-order valence-electron chi connectivity index (χ4n) is 2.20. The average molecular weight is 192 g/mol. The van der Waals surface area contributed by atoms with Gasteiger partial charge >= 0.3 is 0 Å². The molecule has 2 heteroatoms. The van der Waals surface area contributed by atoms with Gasteiger partial charge in [0.25, 0.3) is 0 Å². The second-order valence-corrected chi connectivity index (χ2v) is 3.99. The van der Waals surface area contributed by atoms with Gasteiger partial charge in [-0.15, -0.1) is 0 Å². The first-order valence-corrected chi connectivity index (χ1v) is 5.07. The second kappa shape index (κ2) is 3.62. The summed E-state index contributed by atoms with van der Waals surface area (Å²) in [7, 11) is 1.68. The summed E-state index contributed by atoms with van der Waals surface area (Å²) in [5, 5.41) is 9.45. The topological polar surface area (TPSA) is 29.5 Å². The van der Waals surface area contributed by atoms with E-state index in [4.69, 9.17) is 4.74 Å². The van der Waals surface area contributed by atoms with Crippen LogP contribution in [-0.4, -0.2) is 18.8 Å². The van der Waals surface area contributed by atoms with Gasteiger partial charge < -0.3 is 9.84 Å². The molecule has 76 valence electrons. The average Bonchev–Trinajstić information content (AvgIpc) is 2.18. The smallest absolute Gasteiger partial charge is 0.122 e. The van der Waals surface area contributed by atoms with Gasteiger partial charge in [-0.25, -0.2) is 0 Å². The zero-order valence-electron chi connectivity index (χ0n) is 8.49. The highest BCUT2D eigenvalue weighted by Gasteiger charge is 2.39. The van der Waals surface area contributed by atoms with Gasteiger partial charge in [0.05, 0.1) is 13.7 Å². The first-order valence-electron chi connectivity index (χ1n) is 5.07. The van der Waals surface area contributed by atoms with Gasteiger partial charge in [-0.2, -0.15) is 0 Å². The third-order valence-electron chi connectivity index (χ3n) is 3.29. The molecule has 0 atom stereocenters. The van der Waals surface area contributed by atoms with Crippen LogP contribution in [0.4, 0.5) is 0 Å². The van der Waals surface area contributed by atoms with Crippen LogP contribution in [0, 0.1) is 0 Å². The van der Waals surface area contributed by atoms with Crippen molar-refractivity contribution in [2.24, 2.45) is 0 Å². The first kappa shape index (κ1) is 9.53. The molecule has 0 heterocycles. The van der Waals surface area contributed by atoms with Crippen molar-refractivity contribution < 1.29 is 9.84 Å². The van der Waals surface area contributed by atoms with E-state index in [9.17, 15) is 5.11 Å². The SMILES string of the molecule is COc1ccccc1C1(CO)CCC1. The van der Waals surface area contributed by atoms with E-state index in [1.807, 2.05) is 18.2 Å². The number of para-hydroxylation sites is 1. The lowest BCUT2D eigenvalue weighted by Crippen LogP contribution is -2.38. The Morgan fingerprint density at radius 3 is 2.57 bits per heavy atom. The van der Waals surface area contributed by atoms with Crippen LogP contribution in [0.1, 0.15) is 24.8 Å². The molecule has 0 radical (unpaired) electrons. The van der Waals surface area contributed by atoms with Crippen molar-refractivity contribution in [1.29, 1.82) is 0 Å². The molecule has 0 aromatic heterocycles. The van der Waals surface area contributed by atoms with Crippen LogP contribution in [0.25, 0.3) is 0 Å². The molecule has 0 aliphatic heterocycles. The standard InChI is InChI=1S/C12H16O2/c1-14-11-6-3-2-5-10(11)12(9-13)7-4-8-12/h2-3,5-6,13H,4,7-9H2,1H3. The van der Waals surface area contributed by atoms with E-state index in [1.54, 1.807) is 7.11 Å². The summed E-state index contributed by atoms with van der Waals surface area (Å²) in [6.07, 6.45) is 3.35. The van der Waals surface area contributed by atoms with Crippen molar-refractivity contribution in [3.8, 4) is 5.75 Å². The third-order valence-corrected chi connectivity index (χ3v) is 3.29. The van der Waals surface area contributed by atoms with E-state index >= 15 is 0 Å².